The first-order chi connectivity index (χ1) is 15.0. The number of hydrogen-bond donors (Lipinski definition) is 2. The predicted octanol–water partition coefficient (Wildman–Crippen LogP) is 3.73. The molecule has 1 aliphatic heterocycles. The van der Waals surface area contributed by atoms with Crippen molar-refractivity contribution >= 4 is 23.4 Å². The van der Waals surface area contributed by atoms with Crippen molar-refractivity contribution in [3.63, 3.8) is 0 Å². The average molecular weight is 414 g/mol. The van der Waals surface area contributed by atoms with Gasteiger partial charge in [0.05, 0.1) is 23.8 Å². The van der Waals surface area contributed by atoms with Crippen LogP contribution in [0.15, 0.2) is 66.9 Å². The van der Waals surface area contributed by atoms with E-state index in [0.29, 0.717) is 16.8 Å². The Morgan fingerprint density at radius 3 is 2.65 bits per heavy atom. The highest BCUT2D eigenvalue weighted by Gasteiger charge is 2.57. The summed E-state index contributed by atoms with van der Waals surface area (Å²) in [7, 11) is 0. The third-order valence-electron chi connectivity index (χ3n) is 5.10. The standard InChI is InChI=1S/C23H18N4O4/c1-2-31-20-17(9-6-12-25-20)23(27(22(29)30)16-7-4-3-5-8-16)18-13-15(14-24)10-11-19(18)26-21(23)28/h3-13H,2H2,1H3,(H,26,28)(H,29,30). The van der Waals surface area contributed by atoms with Crippen LogP contribution in [0.5, 0.6) is 5.88 Å². The van der Waals surface area contributed by atoms with Crippen LogP contribution in [0.4, 0.5) is 16.2 Å². The predicted molar refractivity (Wildman–Crippen MR) is 113 cm³/mol. The third kappa shape index (κ3) is 3.04. The number of carboxylic acid groups (broad SMARTS) is 1. The molecule has 2 aromatic carbocycles. The Morgan fingerprint density at radius 2 is 1.97 bits per heavy atom. The summed E-state index contributed by atoms with van der Waals surface area (Å²) in [5, 5.41) is 22.6. The molecule has 0 saturated carbocycles. The Bertz CT molecular complexity index is 1210. The van der Waals surface area contributed by atoms with Gasteiger partial charge in [0.2, 0.25) is 5.88 Å². The molecule has 1 unspecified atom stereocenters. The molecule has 0 saturated heterocycles. The van der Waals surface area contributed by atoms with Gasteiger partial charge in [0, 0.05) is 23.1 Å². The van der Waals surface area contributed by atoms with Gasteiger partial charge in [-0.15, -0.1) is 0 Å². The first-order valence-corrected chi connectivity index (χ1v) is 9.56. The normalized spacial score (nSPS) is 16.7. The number of ether oxygens (including phenoxy) is 1. The molecule has 1 aliphatic rings. The molecule has 0 radical (unpaired) electrons. The largest absolute Gasteiger partial charge is 0.478 e. The number of carbonyl (C=O) groups excluding carboxylic acids is 1. The maximum Gasteiger partial charge on any atom is 0.413 e. The van der Waals surface area contributed by atoms with Crippen LogP contribution in [0.2, 0.25) is 0 Å². The van der Waals surface area contributed by atoms with Gasteiger partial charge in [-0.25, -0.2) is 9.78 Å². The molecule has 2 heterocycles. The maximum absolute atomic E-state index is 13.6. The summed E-state index contributed by atoms with van der Waals surface area (Å²) in [6, 6.07) is 18.3. The summed E-state index contributed by atoms with van der Waals surface area (Å²) in [6.45, 7) is 2.04. The van der Waals surface area contributed by atoms with Crippen molar-refractivity contribution in [3.05, 3.63) is 83.6 Å². The van der Waals surface area contributed by atoms with Crippen molar-refractivity contribution in [3.8, 4) is 11.9 Å². The van der Waals surface area contributed by atoms with Crippen molar-refractivity contribution in [2.45, 2.75) is 12.5 Å². The maximum atomic E-state index is 13.6. The summed E-state index contributed by atoms with van der Waals surface area (Å²) in [5.41, 5.74) is -0.274. The molecule has 1 atom stereocenters. The Labute approximate surface area is 178 Å². The number of fused-ring (bicyclic) bond motifs is 1. The monoisotopic (exact) mass is 414 g/mol. The van der Waals surface area contributed by atoms with E-state index in [1.807, 2.05) is 0 Å². The number of benzene rings is 2. The second-order valence-corrected chi connectivity index (χ2v) is 6.78. The number of pyridine rings is 1. The van der Waals surface area contributed by atoms with Gasteiger partial charge in [0.1, 0.15) is 0 Å². The van der Waals surface area contributed by atoms with E-state index in [-0.39, 0.29) is 23.7 Å². The number of nitrogens with zero attached hydrogens (tertiary/aromatic N) is 3. The number of nitriles is 1. The topological polar surface area (TPSA) is 116 Å². The molecular weight excluding hydrogens is 396 g/mol. The zero-order valence-electron chi connectivity index (χ0n) is 16.6. The highest BCUT2D eigenvalue weighted by atomic mass is 16.5. The van der Waals surface area contributed by atoms with Crippen LogP contribution in [0, 0.1) is 11.3 Å². The van der Waals surface area contributed by atoms with Gasteiger partial charge in [-0.05, 0) is 49.4 Å². The Kier molecular flexibility index (Phi) is 5.01. The molecule has 0 spiro atoms. The molecule has 8 nitrogen and oxygen atoms in total. The fourth-order valence-electron chi connectivity index (χ4n) is 3.91. The summed E-state index contributed by atoms with van der Waals surface area (Å²) < 4.78 is 5.68. The zero-order valence-corrected chi connectivity index (χ0v) is 16.6. The van der Waals surface area contributed by atoms with Crippen LogP contribution >= 0.6 is 0 Å². The van der Waals surface area contributed by atoms with Crippen molar-refractivity contribution in [2.75, 3.05) is 16.8 Å². The van der Waals surface area contributed by atoms with Crippen LogP contribution < -0.4 is 15.0 Å². The van der Waals surface area contributed by atoms with Crippen LogP contribution in [0.3, 0.4) is 0 Å². The molecular formula is C23H18N4O4. The Hall–Kier alpha value is -4.38. The van der Waals surface area contributed by atoms with Crippen LogP contribution in [0.25, 0.3) is 0 Å². The highest BCUT2D eigenvalue weighted by Crippen LogP contribution is 2.49. The third-order valence-corrected chi connectivity index (χ3v) is 5.10. The van der Waals surface area contributed by atoms with Crippen LogP contribution in [0.1, 0.15) is 23.6 Å². The number of nitrogens with one attached hydrogen (secondary N) is 1. The summed E-state index contributed by atoms with van der Waals surface area (Å²) in [6.07, 6.45) is 0.165. The minimum Gasteiger partial charge on any atom is -0.478 e. The van der Waals surface area contributed by atoms with Gasteiger partial charge in [-0.1, -0.05) is 18.2 Å². The lowest BCUT2D eigenvalue weighted by Gasteiger charge is -2.38. The molecule has 8 heteroatoms. The Balaban J connectivity index is 2.13. The van der Waals surface area contributed by atoms with E-state index in [4.69, 9.17) is 4.74 Å². The van der Waals surface area contributed by atoms with Gasteiger partial charge in [0.15, 0.2) is 5.54 Å². The number of anilines is 2. The molecule has 0 fully saturated rings. The second kappa shape index (κ2) is 7.80. The van der Waals surface area contributed by atoms with E-state index in [1.54, 1.807) is 61.5 Å². The van der Waals surface area contributed by atoms with E-state index in [1.165, 1.54) is 12.3 Å². The van der Waals surface area contributed by atoms with Crippen LogP contribution in [-0.2, 0) is 10.3 Å². The minimum atomic E-state index is -1.85. The number of aromatic nitrogens is 1. The van der Waals surface area contributed by atoms with Gasteiger partial charge in [-0.3, -0.25) is 9.69 Å². The van der Waals surface area contributed by atoms with Gasteiger partial charge in [-0.2, -0.15) is 5.26 Å². The second-order valence-electron chi connectivity index (χ2n) is 6.78. The van der Waals surface area contributed by atoms with Crippen molar-refractivity contribution in [1.29, 1.82) is 5.26 Å². The highest BCUT2D eigenvalue weighted by molar-refractivity contribution is 6.14. The number of para-hydroxylation sites is 1. The number of amides is 2. The molecule has 0 bridgehead atoms. The first kappa shape index (κ1) is 19.9. The van der Waals surface area contributed by atoms with E-state index in [2.05, 4.69) is 16.4 Å². The van der Waals surface area contributed by atoms with E-state index in [0.717, 1.165) is 4.90 Å². The van der Waals surface area contributed by atoms with Crippen LogP contribution in [-0.4, -0.2) is 28.7 Å². The van der Waals surface area contributed by atoms with E-state index >= 15 is 0 Å². The number of hydrogen-bond acceptors (Lipinski definition) is 5. The first-order valence-electron chi connectivity index (χ1n) is 9.56. The van der Waals surface area contributed by atoms with Gasteiger partial charge < -0.3 is 15.2 Å². The zero-order chi connectivity index (χ0) is 22.0. The number of rotatable bonds is 5. The Morgan fingerprint density at radius 1 is 1.19 bits per heavy atom. The fraction of sp³-hybridized carbons (Fsp3) is 0.130. The number of carbonyl (C=O) groups is 2. The quantitative estimate of drug-likeness (QED) is 0.657. The molecule has 31 heavy (non-hydrogen) atoms. The van der Waals surface area contributed by atoms with Crippen molar-refractivity contribution in [1.82, 2.24) is 4.98 Å². The summed E-state index contributed by atoms with van der Waals surface area (Å²) in [4.78, 5) is 31.6. The molecule has 2 N–H and O–H groups in total. The lowest BCUT2D eigenvalue weighted by molar-refractivity contribution is -0.119. The molecule has 3 aromatic rings. The SMILES string of the molecule is CCOc1ncccc1C1(N(C(=O)O)c2ccccc2)C(=O)Nc2ccc(C#N)cc21. The fourth-order valence-corrected chi connectivity index (χ4v) is 3.91. The molecule has 4 rings (SSSR count). The average Bonchev–Trinajstić information content (AvgIpc) is 3.06. The smallest absolute Gasteiger partial charge is 0.413 e. The van der Waals surface area contributed by atoms with Gasteiger partial charge >= 0.3 is 6.09 Å². The summed E-state index contributed by atoms with van der Waals surface area (Å²) in [5.74, 6) is -0.449. The lowest BCUT2D eigenvalue weighted by atomic mass is 9.81. The van der Waals surface area contributed by atoms with E-state index in [9.17, 15) is 20.0 Å². The van der Waals surface area contributed by atoms with E-state index < -0.39 is 17.5 Å². The minimum absolute atomic E-state index is 0.137. The molecule has 2 amide bonds. The van der Waals surface area contributed by atoms with Gasteiger partial charge in [0.25, 0.3) is 5.91 Å². The lowest BCUT2D eigenvalue weighted by Crippen LogP contribution is -2.55. The van der Waals surface area contributed by atoms with Crippen molar-refractivity contribution in [2.24, 2.45) is 0 Å². The summed E-state index contributed by atoms with van der Waals surface area (Å²) >= 11 is 0. The molecule has 0 aliphatic carbocycles. The molecule has 154 valence electrons. The van der Waals surface area contributed by atoms with Crippen molar-refractivity contribution < 1.29 is 19.4 Å². The molecule has 1 aromatic heterocycles.